The number of hydrogen-bond acceptors (Lipinski definition) is 4. The van der Waals surface area contributed by atoms with Gasteiger partial charge < -0.3 is 15.5 Å². The molecule has 2 heterocycles. The van der Waals surface area contributed by atoms with Crippen LogP contribution in [0.3, 0.4) is 0 Å². The summed E-state index contributed by atoms with van der Waals surface area (Å²) in [6.07, 6.45) is 5.15. The first-order valence-corrected chi connectivity index (χ1v) is 8.89. The molecule has 2 atom stereocenters. The van der Waals surface area contributed by atoms with E-state index in [9.17, 15) is 9.59 Å². The first kappa shape index (κ1) is 20.9. The molecule has 0 radical (unpaired) electrons. The average molecular weight is 392 g/mol. The van der Waals surface area contributed by atoms with Crippen molar-refractivity contribution in [1.82, 2.24) is 20.0 Å². The predicted octanol–water partition coefficient (Wildman–Crippen LogP) is 1.98. The van der Waals surface area contributed by atoms with Crippen molar-refractivity contribution in [2.24, 2.45) is 13.0 Å². The lowest BCUT2D eigenvalue weighted by molar-refractivity contribution is -0.136. The number of hydrogen-bond donors (Lipinski definition) is 2. The molecule has 7 nitrogen and oxygen atoms in total. The van der Waals surface area contributed by atoms with Gasteiger partial charge in [-0.2, -0.15) is 5.10 Å². The summed E-state index contributed by atoms with van der Waals surface area (Å²) in [5.41, 5.74) is 1.61. The molecule has 27 heavy (non-hydrogen) atoms. The zero-order valence-electron chi connectivity index (χ0n) is 15.6. The van der Waals surface area contributed by atoms with Crippen LogP contribution in [0.25, 0.3) is 0 Å². The number of amides is 2. The zero-order valence-corrected chi connectivity index (χ0v) is 16.4. The SMILES string of the molecule is CNC(C(=O)N1CCCC(C(=O)Nc2ccccc2)C1)c1cnn(C)c1.Cl. The molecule has 3 rings (SSSR count). The molecule has 1 saturated heterocycles. The summed E-state index contributed by atoms with van der Waals surface area (Å²) in [7, 11) is 3.59. The molecular weight excluding hydrogens is 366 g/mol. The topological polar surface area (TPSA) is 79.3 Å². The molecule has 1 aromatic heterocycles. The smallest absolute Gasteiger partial charge is 0.244 e. The van der Waals surface area contributed by atoms with Crippen LogP contribution in [0.4, 0.5) is 5.69 Å². The van der Waals surface area contributed by atoms with Crippen molar-refractivity contribution in [2.75, 3.05) is 25.5 Å². The number of nitrogens with one attached hydrogen (secondary N) is 2. The molecule has 1 aliphatic rings. The van der Waals surface area contributed by atoms with Crippen LogP contribution in [0.5, 0.6) is 0 Å². The van der Waals surface area contributed by atoms with Gasteiger partial charge in [0.1, 0.15) is 6.04 Å². The zero-order chi connectivity index (χ0) is 18.5. The first-order chi connectivity index (χ1) is 12.6. The molecular formula is C19H26ClN5O2. The van der Waals surface area contributed by atoms with Gasteiger partial charge >= 0.3 is 0 Å². The highest BCUT2D eigenvalue weighted by Crippen LogP contribution is 2.22. The second-order valence-corrected chi connectivity index (χ2v) is 6.65. The lowest BCUT2D eigenvalue weighted by Crippen LogP contribution is -2.47. The van der Waals surface area contributed by atoms with Crippen molar-refractivity contribution >= 4 is 29.9 Å². The Labute approximate surface area is 165 Å². The minimum atomic E-state index is -0.445. The number of carbonyl (C=O) groups is 2. The van der Waals surface area contributed by atoms with Gasteiger partial charge in [-0.15, -0.1) is 12.4 Å². The van der Waals surface area contributed by atoms with Crippen molar-refractivity contribution < 1.29 is 9.59 Å². The molecule has 146 valence electrons. The summed E-state index contributed by atoms with van der Waals surface area (Å²) in [6.45, 7) is 1.11. The van der Waals surface area contributed by atoms with Gasteiger partial charge in [-0.25, -0.2) is 0 Å². The fraction of sp³-hybridized carbons (Fsp3) is 0.421. The van der Waals surface area contributed by atoms with E-state index in [1.807, 2.05) is 43.6 Å². The molecule has 1 aliphatic heterocycles. The minimum absolute atomic E-state index is 0. The van der Waals surface area contributed by atoms with E-state index in [1.54, 1.807) is 22.8 Å². The average Bonchev–Trinajstić information content (AvgIpc) is 3.09. The van der Waals surface area contributed by atoms with E-state index in [2.05, 4.69) is 15.7 Å². The van der Waals surface area contributed by atoms with E-state index in [4.69, 9.17) is 0 Å². The quantitative estimate of drug-likeness (QED) is 0.816. The van der Waals surface area contributed by atoms with E-state index in [-0.39, 0.29) is 30.1 Å². The van der Waals surface area contributed by atoms with E-state index in [0.717, 1.165) is 24.1 Å². The summed E-state index contributed by atoms with van der Waals surface area (Å²) in [5, 5.41) is 10.2. The Bertz CT molecular complexity index is 764. The molecule has 2 N–H and O–H groups in total. The van der Waals surface area contributed by atoms with Gasteiger partial charge in [-0.1, -0.05) is 18.2 Å². The second-order valence-electron chi connectivity index (χ2n) is 6.65. The Hall–Kier alpha value is -2.38. The number of anilines is 1. The molecule has 0 saturated carbocycles. The van der Waals surface area contributed by atoms with Gasteiger partial charge in [0, 0.05) is 37.6 Å². The van der Waals surface area contributed by atoms with E-state index < -0.39 is 6.04 Å². The van der Waals surface area contributed by atoms with Crippen molar-refractivity contribution in [3.63, 3.8) is 0 Å². The van der Waals surface area contributed by atoms with E-state index in [0.29, 0.717) is 13.1 Å². The van der Waals surface area contributed by atoms with Crippen LogP contribution < -0.4 is 10.6 Å². The van der Waals surface area contributed by atoms with Crippen LogP contribution in [0, 0.1) is 5.92 Å². The van der Waals surface area contributed by atoms with Crippen LogP contribution in [-0.4, -0.2) is 46.6 Å². The Balaban J connectivity index is 0.00000261. The van der Waals surface area contributed by atoms with Crippen molar-refractivity contribution in [3.8, 4) is 0 Å². The lowest BCUT2D eigenvalue weighted by atomic mass is 9.96. The Morgan fingerprint density at radius 3 is 2.63 bits per heavy atom. The van der Waals surface area contributed by atoms with Crippen molar-refractivity contribution in [2.45, 2.75) is 18.9 Å². The third-order valence-electron chi connectivity index (χ3n) is 4.74. The number of halogens is 1. The van der Waals surface area contributed by atoms with Crippen LogP contribution in [0.1, 0.15) is 24.4 Å². The van der Waals surface area contributed by atoms with Gasteiger partial charge in [0.15, 0.2) is 0 Å². The maximum atomic E-state index is 13.0. The second kappa shape index (κ2) is 9.53. The molecule has 1 fully saturated rings. The number of aromatic nitrogens is 2. The molecule has 8 heteroatoms. The van der Waals surface area contributed by atoms with E-state index >= 15 is 0 Å². The number of benzene rings is 1. The monoisotopic (exact) mass is 391 g/mol. The van der Waals surface area contributed by atoms with Gasteiger partial charge in [0.2, 0.25) is 11.8 Å². The highest BCUT2D eigenvalue weighted by Gasteiger charge is 2.32. The minimum Gasteiger partial charge on any atom is -0.340 e. The number of piperidine rings is 1. The van der Waals surface area contributed by atoms with Crippen molar-refractivity contribution in [3.05, 3.63) is 48.3 Å². The van der Waals surface area contributed by atoms with Crippen LogP contribution >= 0.6 is 12.4 Å². The maximum Gasteiger partial charge on any atom is 0.244 e. The number of likely N-dealkylation sites (tertiary alicyclic amines) is 1. The fourth-order valence-corrected chi connectivity index (χ4v) is 3.36. The highest BCUT2D eigenvalue weighted by molar-refractivity contribution is 5.93. The van der Waals surface area contributed by atoms with Crippen LogP contribution in [0.15, 0.2) is 42.7 Å². The van der Waals surface area contributed by atoms with Gasteiger partial charge in [-0.3, -0.25) is 14.3 Å². The number of likely N-dealkylation sites (N-methyl/N-ethyl adjacent to an activating group) is 1. The first-order valence-electron chi connectivity index (χ1n) is 8.89. The van der Waals surface area contributed by atoms with Crippen molar-refractivity contribution in [1.29, 1.82) is 0 Å². The van der Waals surface area contributed by atoms with Crippen LogP contribution in [-0.2, 0) is 16.6 Å². The number of aryl methyl sites for hydroxylation is 1. The third kappa shape index (κ3) is 5.08. The molecule has 0 aliphatic carbocycles. The summed E-state index contributed by atoms with van der Waals surface area (Å²) >= 11 is 0. The van der Waals surface area contributed by atoms with Gasteiger partial charge in [-0.05, 0) is 32.0 Å². The largest absolute Gasteiger partial charge is 0.340 e. The Kier molecular flexibility index (Phi) is 7.38. The standard InChI is InChI=1S/C19H25N5O2.ClH/c1-20-17(15-11-21-23(2)12-15)19(26)24-10-6-7-14(13-24)18(25)22-16-8-4-3-5-9-16;/h3-5,8-9,11-12,14,17,20H,6-7,10,13H2,1-2H3,(H,22,25);1H. The number of para-hydroxylation sites is 1. The normalized spacial score (nSPS) is 17.7. The third-order valence-corrected chi connectivity index (χ3v) is 4.74. The van der Waals surface area contributed by atoms with Crippen LogP contribution in [0.2, 0.25) is 0 Å². The molecule has 1 aromatic carbocycles. The summed E-state index contributed by atoms with van der Waals surface area (Å²) in [4.78, 5) is 27.3. The number of nitrogens with zero attached hydrogens (tertiary/aromatic N) is 3. The summed E-state index contributed by atoms with van der Waals surface area (Å²) < 4.78 is 1.68. The Morgan fingerprint density at radius 1 is 1.26 bits per heavy atom. The lowest BCUT2D eigenvalue weighted by Gasteiger charge is -2.34. The molecule has 2 amide bonds. The summed E-state index contributed by atoms with van der Waals surface area (Å²) in [6, 6.07) is 8.97. The van der Waals surface area contributed by atoms with E-state index in [1.165, 1.54) is 0 Å². The Morgan fingerprint density at radius 2 is 2.00 bits per heavy atom. The fourth-order valence-electron chi connectivity index (χ4n) is 3.36. The summed E-state index contributed by atoms with van der Waals surface area (Å²) in [5.74, 6) is -0.242. The molecule has 2 aromatic rings. The number of rotatable bonds is 5. The molecule has 0 spiro atoms. The predicted molar refractivity (Wildman–Crippen MR) is 107 cm³/mol. The maximum absolute atomic E-state index is 13.0. The molecule has 2 unspecified atom stereocenters. The number of carbonyl (C=O) groups excluding carboxylic acids is 2. The van der Waals surface area contributed by atoms with Gasteiger partial charge in [0.25, 0.3) is 0 Å². The highest BCUT2D eigenvalue weighted by atomic mass is 35.5. The van der Waals surface area contributed by atoms with Gasteiger partial charge in [0.05, 0.1) is 12.1 Å². The molecule has 0 bridgehead atoms.